The average Bonchev–Trinajstić information content (AvgIpc) is 2.16. The molecule has 3 heteroatoms. The molecule has 0 aliphatic carbocycles. The van der Waals surface area contributed by atoms with Gasteiger partial charge in [-0.1, -0.05) is 6.07 Å². The fourth-order valence-corrected chi connectivity index (χ4v) is 1.71. The van der Waals surface area contributed by atoms with Crippen molar-refractivity contribution in [2.24, 2.45) is 0 Å². The normalized spacial score (nSPS) is 9.92. The van der Waals surface area contributed by atoms with Crippen LogP contribution in [0, 0.1) is 0 Å². The van der Waals surface area contributed by atoms with Crippen LogP contribution in [0.2, 0.25) is 0 Å². The first-order chi connectivity index (χ1) is 5.83. The van der Waals surface area contributed by atoms with Gasteiger partial charge in [-0.2, -0.15) is 0 Å². The summed E-state index contributed by atoms with van der Waals surface area (Å²) in [6.07, 6.45) is 1.98. The molecule has 0 aliphatic heterocycles. The third kappa shape index (κ3) is 1.73. The summed E-state index contributed by atoms with van der Waals surface area (Å²) in [5, 5.41) is 9.07. The number of rotatable bonds is 3. The van der Waals surface area contributed by atoms with Crippen molar-refractivity contribution < 1.29 is 9.84 Å². The molecule has 0 bridgehead atoms. The lowest BCUT2D eigenvalue weighted by Gasteiger charge is -2.09. The van der Waals surface area contributed by atoms with Crippen LogP contribution in [0.4, 0.5) is 0 Å². The predicted octanol–water partition coefficient (Wildman–Crippen LogP) is 1.91. The Hall–Kier alpha value is -0.670. The minimum absolute atomic E-state index is 0.0280. The molecule has 0 spiro atoms. The zero-order valence-electron chi connectivity index (χ0n) is 7.20. The quantitative estimate of drug-likeness (QED) is 0.728. The van der Waals surface area contributed by atoms with E-state index in [4.69, 9.17) is 9.84 Å². The van der Waals surface area contributed by atoms with Crippen LogP contribution in [0.3, 0.4) is 0 Å². The van der Waals surface area contributed by atoms with Crippen LogP contribution in [0.1, 0.15) is 5.56 Å². The lowest BCUT2D eigenvalue weighted by atomic mass is 10.2. The molecule has 0 radical (unpaired) electrons. The van der Waals surface area contributed by atoms with E-state index in [0.29, 0.717) is 0 Å². The average molecular weight is 184 g/mol. The summed E-state index contributed by atoms with van der Waals surface area (Å²) in [6.45, 7) is 0.0280. The minimum atomic E-state index is 0.0280. The summed E-state index contributed by atoms with van der Waals surface area (Å²) in [5.74, 6) is 0.754. The highest BCUT2D eigenvalue weighted by molar-refractivity contribution is 7.98. The Balaban J connectivity index is 3.13. The molecule has 2 nitrogen and oxygen atoms in total. The van der Waals surface area contributed by atoms with Gasteiger partial charge in [-0.25, -0.2) is 0 Å². The van der Waals surface area contributed by atoms with Crippen LogP contribution in [-0.2, 0) is 6.61 Å². The number of aliphatic hydroxyl groups excluding tert-OH is 1. The van der Waals surface area contributed by atoms with Crippen LogP contribution >= 0.6 is 11.8 Å². The van der Waals surface area contributed by atoms with Gasteiger partial charge in [-0.15, -0.1) is 11.8 Å². The molecule has 1 N–H and O–H groups in total. The van der Waals surface area contributed by atoms with Crippen LogP contribution < -0.4 is 4.74 Å². The van der Waals surface area contributed by atoms with E-state index in [1.165, 1.54) is 0 Å². The Kier molecular flexibility index (Phi) is 3.44. The van der Waals surface area contributed by atoms with Crippen LogP contribution in [0.5, 0.6) is 5.75 Å². The molecule has 1 rings (SSSR count). The fraction of sp³-hybridized carbons (Fsp3) is 0.333. The van der Waals surface area contributed by atoms with Gasteiger partial charge >= 0.3 is 0 Å². The van der Waals surface area contributed by atoms with Gasteiger partial charge in [0, 0.05) is 10.5 Å². The van der Waals surface area contributed by atoms with Crippen molar-refractivity contribution in [1.29, 1.82) is 0 Å². The number of hydrogen-bond acceptors (Lipinski definition) is 3. The summed E-state index contributed by atoms with van der Waals surface area (Å²) in [4.78, 5) is 1.07. The fourth-order valence-electron chi connectivity index (χ4n) is 1.08. The molecule has 0 unspecified atom stereocenters. The zero-order chi connectivity index (χ0) is 8.97. The van der Waals surface area contributed by atoms with Crippen LogP contribution in [0.25, 0.3) is 0 Å². The summed E-state index contributed by atoms with van der Waals surface area (Å²) in [7, 11) is 1.61. The summed E-state index contributed by atoms with van der Waals surface area (Å²) in [6, 6.07) is 5.74. The van der Waals surface area contributed by atoms with Crippen molar-refractivity contribution in [2.75, 3.05) is 13.4 Å². The molecule has 0 saturated carbocycles. The first kappa shape index (κ1) is 9.42. The standard InChI is InChI=1S/C9H12O2S/c1-11-8-4-3-5-9(12-2)7(8)6-10/h3-5,10H,6H2,1-2H3. The Labute approximate surface area is 76.6 Å². The highest BCUT2D eigenvalue weighted by Gasteiger charge is 2.05. The topological polar surface area (TPSA) is 29.5 Å². The maximum atomic E-state index is 9.07. The Morgan fingerprint density at radius 2 is 2.25 bits per heavy atom. The Morgan fingerprint density at radius 3 is 2.75 bits per heavy atom. The second kappa shape index (κ2) is 4.38. The molecule has 0 amide bonds. The lowest BCUT2D eigenvalue weighted by molar-refractivity contribution is 0.270. The molecule has 12 heavy (non-hydrogen) atoms. The van der Waals surface area contributed by atoms with Crippen molar-refractivity contribution in [3.05, 3.63) is 23.8 Å². The molecule has 1 aromatic rings. The SMILES string of the molecule is COc1cccc(SC)c1CO. The third-order valence-corrected chi connectivity index (χ3v) is 2.51. The minimum Gasteiger partial charge on any atom is -0.496 e. The van der Waals surface area contributed by atoms with E-state index in [-0.39, 0.29) is 6.61 Å². The molecule has 0 aromatic heterocycles. The first-order valence-corrected chi connectivity index (χ1v) is 4.86. The van der Waals surface area contributed by atoms with Crippen LogP contribution in [0.15, 0.2) is 23.1 Å². The van der Waals surface area contributed by atoms with Crippen molar-refractivity contribution in [1.82, 2.24) is 0 Å². The number of hydrogen-bond donors (Lipinski definition) is 1. The largest absolute Gasteiger partial charge is 0.496 e. The molecule has 0 saturated heterocycles. The molecule has 0 heterocycles. The molecule has 0 aliphatic rings. The van der Waals surface area contributed by atoms with E-state index >= 15 is 0 Å². The Morgan fingerprint density at radius 1 is 1.50 bits per heavy atom. The summed E-state index contributed by atoms with van der Waals surface area (Å²) < 4.78 is 5.11. The molecular weight excluding hydrogens is 172 g/mol. The van der Waals surface area contributed by atoms with E-state index in [1.807, 2.05) is 24.5 Å². The first-order valence-electron chi connectivity index (χ1n) is 3.64. The van der Waals surface area contributed by atoms with Gasteiger partial charge in [0.05, 0.1) is 13.7 Å². The molecule has 66 valence electrons. The second-order valence-electron chi connectivity index (χ2n) is 2.30. The maximum absolute atomic E-state index is 9.07. The van der Waals surface area contributed by atoms with Gasteiger partial charge in [-0.05, 0) is 18.4 Å². The predicted molar refractivity (Wildman–Crippen MR) is 50.7 cm³/mol. The third-order valence-electron chi connectivity index (χ3n) is 1.69. The smallest absolute Gasteiger partial charge is 0.125 e. The van der Waals surface area contributed by atoms with E-state index in [9.17, 15) is 0 Å². The monoisotopic (exact) mass is 184 g/mol. The number of methoxy groups -OCH3 is 1. The molecular formula is C9H12O2S. The van der Waals surface area contributed by atoms with E-state index in [0.717, 1.165) is 16.2 Å². The highest BCUT2D eigenvalue weighted by Crippen LogP contribution is 2.28. The van der Waals surface area contributed by atoms with Gasteiger partial charge in [0.15, 0.2) is 0 Å². The second-order valence-corrected chi connectivity index (χ2v) is 3.15. The zero-order valence-corrected chi connectivity index (χ0v) is 8.02. The molecule has 0 atom stereocenters. The van der Waals surface area contributed by atoms with E-state index in [2.05, 4.69) is 0 Å². The van der Waals surface area contributed by atoms with E-state index in [1.54, 1.807) is 18.9 Å². The van der Waals surface area contributed by atoms with Gasteiger partial charge in [-0.3, -0.25) is 0 Å². The maximum Gasteiger partial charge on any atom is 0.125 e. The van der Waals surface area contributed by atoms with Crippen LogP contribution in [-0.4, -0.2) is 18.5 Å². The summed E-state index contributed by atoms with van der Waals surface area (Å²) >= 11 is 1.61. The van der Waals surface area contributed by atoms with Gasteiger partial charge in [0.2, 0.25) is 0 Å². The van der Waals surface area contributed by atoms with Gasteiger partial charge in [0.25, 0.3) is 0 Å². The molecule has 1 aromatic carbocycles. The van der Waals surface area contributed by atoms with Crippen molar-refractivity contribution in [3.63, 3.8) is 0 Å². The number of aliphatic hydroxyl groups is 1. The number of benzene rings is 1. The van der Waals surface area contributed by atoms with Crippen molar-refractivity contribution in [3.8, 4) is 5.75 Å². The molecule has 0 fully saturated rings. The van der Waals surface area contributed by atoms with E-state index < -0.39 is 0 Å². The van der Waals surface area contributed by atoms with Crippen molar-refractivity contribution >= 4 is 11.8 Å². The lowest BCUT2D eigenvalue weighted by Crippen LogP contribution is -1.93. The summed E-state index contributed by atoms with van der Waals surface area (Å²) in [5.41, 5.74) is 0.868. The van der Waals surface area contributed by atoms with Gasteiger partial charge in [0.1, 0.15) is 5.75 Å². The number of ether oxygens (including phenoxy) is 1. The highest BCUT2D eigenvalue weighted by atomic mass is 32.2. The number of thioether (sulfide) groups is 1. The van der Waals surface area contributed by atoms with Crippen molar-refractivity contribution in [2.45, 2.75) is 11.5 Å². The van der Waals surface area contributed by atoms with Gasteiger partial charge < -0.3 is 9.84 Å². The Bertz CT molecular complexity index is 238.